The van der Waals surface area contributed by atoms with E-state index in [0.717, 1.165) is 90.9 Å². The van der Waals surface area contributed by atoms with E-state index in [2.05, 4.69) is 163 Å². The first-order chi connectivity index (χ1) is 27.6. The number of aryl methyl sites for hydroxylation is 1. The van der Waals surface area contributed by atoms with Crippen LogP contribution in [0.1, 0.15) is 49.1 Å². The van der Waals surface area contributed by atoms with Crippen LogP contribution in [-0.2, 0) is 0 Å². The molecule has 4 aliphatic rings. The Morgan fingerprint density at radius 2 is 1.04 bits per heavy atom. The lowest BCUT2D eigenvalue weighted by Gasteiger charge is -2.54. The van der Waals surface area contributed by atoms with Gasteiger partial charge in [-0.2, -0.15) is 0 Å². The molecule has 0 radical (unpaired) electrons. The molecule has 0 aliphatic heterocycles. The van der Waals surface area contributed by atoms with E-state index < -0.39 is 0 Å². The van der Waals surface area contributed by atoms with Gasteiger partial charge in [-0.1, -0.05) is 103 Å². The van der Waals surface area contributed by atoms with Gasteiger partial charge in [0.15, 0.2) is 0 Å². The Morgan fingerprint density at radius 3 is 1.75 bits per heavy atom. The van der Waals surface area contributed by atoms with Gasteiger partial charge >= 0.3 is 0 Å². The third kappa shape index (κ3) is 5.89. The monoisotopic (exact) mass is 727 g/mol. The molecular formula is C53H45NO2. The fourth-order valence-corrected chi connectivity index (χ4v) is 10.8. The van der Waals surface area contributed by atoms with Crippen LogP contribution in [0.4, 0.5) is 17.1 Å². The number of fused-ring (bicyclic) bond motifs is 3. The summed E-state index contributed by atoms with van der Waals surface area (Å²) in [6.45, 7) is 2.15. The first kappa shape index (κ1) is 33.3. The molecule has 0 unspecified atom stereocenters. The van der Waals surface area contributed by atoms with Crippen molar-refractivity contribution >= 4 is 39.0 Å². The summed E-state index contributed by atoms with van der Waals surface area (Å²) in [5, 5.41) is 2.30. The lowest BCUT2D eigenvalue weighted by molar-refractivity contribution is -0.00335. The summed E-state index contributed by atoms with van der Waals surface area (Å²) in [6.07, 6.45) is 6.95. The predicted octanol–water partition coefficient (Wildman–Crippen LogP) is 15.0. The van der Waals surface area contributed by atoms with E-state index >= 15 is 0 Å². The Morgan fingerprint density at radius 1 is 0.464 bits per heavy atom. The summed E-state index contributed by atoms with van der Waals surface area (Å²) in [5.74, 6) is 5.83. The first-order valence-electron chi connectivity index (χ1n) is 20.5. The molecule has 0 atom stereocenters. The maximum atomic E-state index is 7.03. The molecule has 1 heterocycles. The van der Waals surface area contributed by atoms with Gasteiger partial charge in [0.25, 0.3) is 0 Å². The third-order valence-corrected chi connectivity index (χ3v) is 13.2. The molecule has 0 spiro atoms. The molecule has 7 aromatic carbocycles. The molecule has 0 saturated heterocycles. The lowest BCUT2D eigenvalue weighted by Crippen LogP contribution is -2.43. The van der Waals surface area contributed by atoms with E-state index in [1.54, 1.807) is 0 Å². The van der Waals surface area contributed by atoms with Crippen molar-refractivity contribution in [1.29, 1.82) is 0 Å². The number of benzene rings is 7. The molecule has 12 rings (SSSR count). The number of hydrogen-bond acceptors (Lipinski definition) is 3. The second-order valence-corrected chi connectivity index (χ2v) is 16.7. The van der Waals surface area contributed by atoms with Crippen molar-refractivity contribution in [2.45, 2.75) is 44.9 Å². The average molecular weight is 728 g/mol. The van der Waals surface area contributed by atoms with Crippen molar-refractivity contribution in [2.75, 3.05) is 4.90 Å². The molecular weight excluding hydrogens is 683 g/mol. The van der Waals surface area contributed by atoms with E-state index in [9.17, 15) is 0 Å². The number of para-hydroxylation sites is 2. The van der Waals surface area contributed by atoms with Crippen molar-refractivity contribution in [3.8, 4) is 33.8 Å². The Balaban J connectivity index is 1.01. The Hall–Kier alpha value is -6.06. The third-order valence-electron chi connectivity index (χ3n) is 13.2. The maximum absolute atomic E-state index is 7.03. The molecule has 274 valence electrons. The van der Waals surface area contributed by atoms with Crippen LogP contribution in [0.5, 0.6) is 11.5 Å². The SMILES string of the molecule is Cc1ccccc1Oc1cc(N(c2ccc(-c3ccccc3)cc2)c2ccc(-c3ccc4c(c3)oc3ccccc34)cc2)ccc1C1C2CC3CC(C2)CC1C3. The van der Waals surface area contributed by atoms with E-state index in [4.69, 9.17) is 9.15 Å². The molecule has 8 aromatic rings. The van der Waals surface area contributed by atoms with Crippen LogP contribution in [0.3, 0.4) is 0 Å². The van der Waals surface area contributed by atoms with Gasteiger partial charge in [0.05, 0.1) is 0 Å². The van der Waals surface area contributed by atoms with E-state index in [1.165, 1.54) is 48.8 Å². The molecule has 1 aromatic heterocycles. The summed E-state index contributed by atoms with van der Waals surface area (Å²) < 4.78 is 13.3. The molecule has 0 N–H and O–H groups in total. The molecule has 56 heavy (non-hydrogen) atoms. The van der Waals surface area contributed by atoms with Crippen molar-refractivity contribution in [1.82, 2.24) is 0 Å². The Kier molecular flexibility index (Phi) is 8.09. The minimum atomic E-state index is 0.554. The van der Waals surface area contributed by atoms with Crippen LogP contribution in [0.2, 0.25) is 0 Å². The summed E-state index contributed by atoms with van der Waals surface area (Å²) in [6, 6.07) is 58.9. The number of hydrogen-bond donors (Lipinski definition) is 0. The molecule has 4 bridgehead atoms. The zero-order valence-electron chi connectivity index (χ0n) is 31.8. The number of rotatable bonds is 8. The van der Waals surface area contributed by atoms with E-state index in [0.29, 0.717) is 5.92 Å². The first-order valence-corrected chi connectivity index (χ1v) is 20.5. The molecule has 0 amide bonds. The zero-order valence-corrected chi connectivity index (χ0v) is 31.8. The summed E-state index contributed by atoms with van der Waals surface area (Å²) in [7, 11) is 0. The normalized spacial score (nSPS) is 21.1. The van der Waals surface area contributed by atoms with Gasteiger partial charge < -0.3 is 14.1 Å². The molecule has 4 fully saturated rings. The predicted molar refractivity (Wildman–Crippen MR) is 230 cm³/mol. The van der Waals surface area contributed by atoms with Gasteiger partial charge in [-0.25, -0.2) is 0 Å². The average Bonchev–Trinajstić information content (AvgIpc) is 3.61. The lowest BCUT2D eigenvalue weighted by atomic mass is 9.50. The highest BCUT2D eigenvalue weighted by Gasteiger charge is 2.49. The number of furan rings is 1. The van der Waals surface area contributed by atoms with Gasteiger partial charge in [-0.05, 0) is 157 Å². The van der Waals surface area contributed by atoms with Crippen molar-refractivity contribution < 1.29 is 9.15 Å². The number of nitrogens with zero attached hydrogens (tertiary/aromatic N) is 1. The highest BCUT2D eigenvalue weighted by molar-refractivity contribution is 6.05. The van der Waals surface area contributed by atoms with Crippen molar-refractivity contribution in [3.63, 3.8) is 0 Å². The fraction of sp³-hybridized carbons (Fsp3) is 0.208. The Bertz CT molecular complexity index is 2660. The Labute approximate surface area is 329 Å². The second kappa shape index (κ2) is 13.6. The maximum Gasteiger partial charge on any atom is 0.136 e. The topological polar surface area (TPSA) is 25.6 Å². The summed E-state index contributed by atoms with van der Waals surface area (Å²) >= 11 is 0. The van der Waals surface area contributed by atoms with Gasteiger partial charge in [0.2, 0.25) is 0 Å². The van der Waals surface area contributed by atoms with Crippen molar-refractivity contribution in [3.05, 3.63) is 175 Å². The van der Waals surface area contributed by atoms with Gasteiger partial charge in [-0.15, -0.1) is 0 Å². The second-order valence-electron chi connectivity index (χ2n) is 16.7. The van der Waals surface area contributed by atoms with E-state index in [-0.39, 0.29) is 0 Å². The largest absolute Gasteiger partial charge is 0.457 e. The van der Waals surface area contributed by atoms with Crippen LogP contribution < -0.4 is 9.64 Å². The van der Waals surface area contributed by atoms with Crippen LogP contribution >= 0.6 is 0 Å². The quantitative estimate of drug-likeness (QED) is 0.156. The summed E-state index contributed by atoms with van der Waals surface area (Å²) in [5.41, 5.74) is 12.4. The molecule has 3 heteroatoms. The molecule has 3 nitrogen and oxygen atoms in total. The minimum Gasteiger partial charge on any atom is -0.457 e. The van der Waals surface area contributed by atoms with Gasteiger partial charge in [0, 0.05) is 33.9 Å². The van der Waals surface area contributed by atoms with Crippen molar-refractivity contribution in [2.24, 2.45) is 23.7 Å². The summed E-state index contributed by atoms with van der Waals surface area (Å²) in [4.78, 5) is 2.38. The molecule has 4 aliphatic carbocycles. The number of ether oxygens (including phenoxy) is 1. The van der Waals surface area contributed by atoms with E-state index in [1.807, 2.05) is 12.1 Å². The van der Waals surface area contributed by atoms with Crippen LogP contribution in [0, 0.1) is 30.6 Å². The fourth-order valence-electron chi connectivity index (χ4n) is 10.8. The standard InChI is InChI=1S/C53H45NO2/c1-34-9-5-7-13-49(34)55-52-33-45(24-26-48(52)53-41-28-35-27-36(30-41)31-42(53)29-35)54(43-20-15-38(16-21-43)37-10-3-2-4-11-37)44-22-17-39(18-23-44)40-19-25-47-46-12-6-8-14-50(46)56-51(47)32-40/h2-26,32-33,35-36,41-42,53H,27-31H2,1H3. The molecule has 4 saturated carbocycles. The van der Waals surface area contributed by atoms with Gasteiger partial charge in [-0.3, -0.25) is 0 Å². The van der Waals surface area contributed by atoms with Gasteiger partial charge in [0.1, 0.15) is 22.7 Å². The minimum absolute atomic E-state index is 0.554. The van der Waals surface area contributed by atoms with Crippen LogP contribution in [0.25, 0.3) is 44.2 Å². The zero-order chi connectivity index (χ0) is 37.2. The number of anilines is 3. The highest BCUT2D eigenvalue weighted by Crippen LogP contribution is 2.61. The van der Waals surface area contributed by atoms with Crippen LogP contribution in [0.15, 0.2) is 168 Å². The smallest absolute Gasteiger partial charge is 0.136 e. The van der Waals surface area contributed by atoms with Crippen LogP contribution in [-0.4, -0.2) is 0 Å². The highest BCUT2D eigenvalue weighted by atomic mass is 16.5.